The molecule has 2 aromatic rings. The number of hydrogen-bond donors (Lipinski definition) is 3. The van der Waals surface area contributed by atoms with Gasteiger partial charge in [0, 0.05) is 11.1 Å². The number of anilines is 1. The SMILES string of the molecule is Cc1cc2[nH]ncc2cc1N1C(N)=NC(N)=NC12CCCCC2. The van der Waals surface area contributed by atoms with Crippen molar-refractivity contribution in [3.05, 3.63) is 23.9 Å². The summed E-state index contributed by atoms with van der Waals surface area (Å²) in [6.45, 7) is 2.07. The second kappa shape index (κ2) is 4.97. The van der Waals surface area contributed by atoms with E-state index >= 15 is 0 Å². The van der Waals surface area contributed by atoms with Crippen LogP contribution in [0, 0.1) is 6.92 Å². The van der Waals surface area contributed by atoms with E-state index in [2.05, 4.69) is 39.1 Å². The van der Waals surface area contributed by atoms with Gasteiger partial charge in [0.25, 0.3) is 0 Å². The lowest BCUT2D eigenvalue weighted by Gasteiger charge is -2.46. The topological polar surface area (TPSA) is 109 Å². The van der Waals surface area contributed by atoms with E-state index < -0.39 is 5.66 Å². The van der Waals surface area contributed by atoms with E-state index in [1.165, 1.54) is 6.42 Å². The molecular weight excluding hydrogens is 290 g/mol. The van der Waals surface area contributed by atoms with Gasteiger partial charge < -0.3 is 11.5 Å². The Morgan fingerprint density at radius 2 is 1.96 bits per heavy atom. The Labute approximate surface area is 134 Å². The smallest absolute Gasteiger partial charge is 0.220 e. The fourth-order valence-electron chi connectivity index (χ4n) is 3.80. The number of H-pyrrole nitrogens is 1. The molecule has 4 rings (SSSR count). The van der Waals surface area contributed by atoms with Crippen LogP contribution in [0.25, 0.3) is 10.9 Å². The number of aryl methyl sites for hydroxylation is 1. The van der Waals surface area contributed by atoms with Crippen molar-refractivity contribution in [1.82, 2.24) is 10.2 Å². The maximum absolute atomic E-state index is 6.29. The van der Waals surface area contributed by atoms with Gasteiger partial charge in [-0.3, -0.25) is 10.00 Å². The molecule has 120 valence electrons. The molecule has 1 fully saturated rings. The lowest BCUT2D eigenvalue weighted by molar-refractivity contribution is 0.305. The summed E-state index contributed by atoms with van der Waals surface area (Å²) in [5.41, 5.74) is 15.0. The summed E-state index contributed by atoms with van der Waals surface area (Å²) in [5, 5.41) is 8.16. The van der Waals surface area contributed by atoms with Crippen LogP contribution in [0.1, 0.15) is 37.7 Å². The molecule has 7 nitrogen and oxygen atoms in total. The Balaban J connectivity index is 1.89. The maximum Gasteiger partial charge on any atom is 0.220 e. The van der Waals surface area contributed by atoms with Crippen LogP contribution in [0.4, 0.5) is 5.69 Å². The molecule has 1 saturated carbocycles. The summed E-state index contributed by atoms with van der Waals surface area (Å²) in [6, 6.07) is 4.19. The van der Waals surface area contributed by atoms with Crippen molar-refractivity contribution in [1.29, 1.82) is 0 Å². The third kappa shape index (κ3) is 2.15. The van der Waals surface area contributed by atoms with Crippen molar-refractivity contribution < 1.29 is 0 Å². The number of nitrogens with zero attached hydrogens (tertiary/aromatic N) is 4. The summed E-state index contributed by atoms with van der Waals surface area (Å²) in [6.07, 6.45) is 7.16. The fraction of sp³-hybridized carbons (Fsp3) is 0.438. The van der Waals surface area contributed by atoms with Gasteiger partial charge in [-0.15, -0.1) is 0 Å². The first-order chi connectivity index (χ1) is 11.1. The van der Waals surface area contributed by atoms with E-state index in [0.29, 0.717) is 5.96 Å². The molecule has 7 heteroatoms. The zero-order valence-corrected chi connectivity index (χ0v) is 13.2. The average molecular weight is 311 g/mol. The van der Waals surface area contributed by atoms with Gasteiger partial charge in [0.05, 0.1) is 11.7 Å². The van der Waals surface area contributed by atoms with E-state index in [9.17, 15) is 0 Å². The standard InChI is InChI=1S/C16H21N7/c1-10-7-12-11(9-19-22-12)8-13(10)23-15(18)20-14(17)21-16(23)5-3-2-4-6-16/h7-9H,2-6H2,1H3,(H,19,22)(H4,17,18,20,21). The van der Waals surface area contributed by atoms with Crippen molar-refractivity contribution in [3.63, 3.8) is 0 Å². The van der Waals surface area contributed by atoms with E-state index in [4.69, 9.17) is 16.5 Å². The maximum atomic E-state index is 6.29. The van der Waals surface area contributed by atoms with Crippen molar-refractivity contribution in [3.8, 4) is 0 Å². The van der Waals surface area contributed by atoms with Gasteiger partial charge in [-0.25, -0.2) is 4.99 Å². The number of fused-ring (bicyclic) bond motifs is 1. The fourth-order valence-corrected chi connectivity index (χ4v) is 3.80. The lowest BCUT2D eigenvalue weighted by Crippen LogP contribution is -2.58. The summed E-state index contributed by atoms with van der Waals surface area (Å²) >= 11 is 0. The quantitative estimate of drug-likeness (QED) is 0.748. The molecule has 2 aliphatic rings. The van der Waals surface area contributed by atoms with E-state index in [-0.39, 0.29) is 5.96 Å². The number of nitrogens with two attached hydrogens (primary N) is 2. The predicted molar refractivity (Wildman–Crippen MR) is 92.4 cm³/mol. The van der Waals surface area contributed by atoms with Crippen LogP contribution in [-0.2, 0) is 0 Å². The Kier molecular flexibility index (Phi) is 3.04. The molecule has 23 heavy (non-hydrogen) atoms. The minimum Gasteiger partial charge on any atom is -0.369 e. The van der Waals surface area contributed by atoms with Crippen molar-refractivity contribution in [2.45, 2.75) is 44.7 Å². The monoisotopic (exact) mass is 311 g/mol. The Morgan fingerprint density at radius 3 is 2.74 bits per heavy atom. The van der Waals surface area contributed by atoms with Crippen LogP contribution < -0.4 is 16.4 Å². The number of aliphatic imine (C=N–C) groups is 2. The van der Waals surface area contributed by atoms with E-state index in [1.807, 2.05) is 6.20 Å². The van der Waals surface area contributed by atoms with Crippen LogP contribution in [0.2, 0.25) is 0 Å². The minimum absolute atomic E-state index is 0.280. The van der Waals surface area contributed by atoms with Crippen LogP contribution in [0.5, 0.6) is 0 Å². The molecule has 1 aliphatic carbocycles. The number of rotatable bonds is 1. The molecule has 1 aromatic heterocycles. The number of aromatic amines is 1. The van der Waals surface area contributed by atoms with Crippen molar-refractivity contribution in [2.24, 2.45) is 21.5 Å². The van der Waals surface area contributed by atoms with Crippen molar-refractivity contribution in [2.75, 3.05) is 4.90 Å². The van der Waals surface area contributed by atoms with Gasteiger partial charge in [0.1, 0.15) is 5.66 Å². The molecule has 0 radical (unpaired) electrons. The number of hydrogen-bond acceptors (Lipinski definition) is 6. The minimum atomic E-state index is -0.406. The molecule has 1 aromatic carbocycles. The molecule has 1 aliphatic heterocycles. The van der Waals surface area contributed by atoms with Gasteiger partial charge in [-0.05, 0) is 50.3 Å². The molecule has 0 atom stereocenters. The number of guanidine groups is 2. The third-order valence-electron chi connectivity index (χ3n) is 4.85. The predicted octanol–water partition coefficient (Wildman–Crippen LogP) is 1.98. The lowest BCUT2D eigenvalue weighted by atomic mass is 9.87. The van der Waals surface area contributed by atoms with Gasteiger partial charge in [0.2, 0.25) is 11.9 Å². The molecule has 5 N–H and O–H groups in total. The number of aromatic nitrogens is 2. The summed E-state index contributed by atoms with van der Waals surface area (Å²) < 4.78 is 0. The number of nitrogens with one attached hydrogen (secondary N) is 1. The molecule has 0 bridgehead atoms. The van der Waals surface area contributed by atoms with Crippen molar-refractivity contribution >= 4 is 28.5 Å². The van der Waals surface area contributed by atoms with Gasteiger partial charge in [0.15, 0.2) is 0 Å². The summed E-state index contributed by atoms with van der Waals surface area (Å²) in [4.78, 5) is 11.0. The average Bonchev–Trinajstić information content (AvgIpc) is 2.94. The highest BCUT2D eigenvalue weighted by molar-refractivity contribution is 6.06. The zero-order chi connectivity index (χ0) is 16.0. The molecule has 0 saturated heterocycles. The van der Waals surface area contributed by atoms with Crippen LogP contribution >= 0.6 is 0 Å². The highest BCUT2D eigenvalue weighted by atomic mass is 15.4. The second-order valence-electron chi connectivity index (χ2n) is 6.41. The first-order valence-corrected chi connectivity index (χ1v) is 8.02. The zero-order valence-electron chi connectivity index (χ0n) is 13.2. The molecule has 2 heterocycles. The summed E-state index contributed by atoms with van der Waals surface area (Å²) in [7, 11) is 0. The summed E-state index contributed by atoms with van der Waals surface area (Å²) in [5.74, 6) is 0.702. The van der Waals surface area contributed by atoms with E-state index in [1.54, 1.807) is 0 Å². The molecule has 0 amide bonds. The molecular formula is C16H21N7. The number of benzene rings is 1. The highest BCUT2D eigenvalue weighted by Gasteiger charge is 2.43. The Morgan fingerprint density at radius 1 is 1.17 bits per heavy atom. The molecule has 0 unspecified atom stereocenters. The first-order valence-electron chi connectivity index (χ1n) is 8.02. The van der Waals surface area contributed by atoms with Gasteiger partial charge >= 0.3 is 0 Å². The third-order valence-corrected chi connectivity index (χ3v) is 4.85. The van der Waals surface area contributed by atoms with Crippen LogP contribution in [0.3, 0.4) is 0 Å². The second-order valence-corrected chi connectivity index (χ2v) is 6.41. The Hall–Kier alpha value is -2.57. The van der Waals surface area contributed by atoms with Crippen LogP contribution in [0.15, 0.2) is 28.3 Å². The van der Waals surface area contributed by atoms with Crippen LogP contribution in [-0.4, -0.2) is 27.8 Å². The van der Waals surface area contributed by atoms with Gasteiger partial charge in [-0.1, -0.05) is 6.42 Å². The van der Waals surface area contributed by atoms with E-state index in [0.717, 1.165) is 47.8 Å². The Bertz CT molecular complexity index is 811. The first kappa shape index (κ1) is 14.0. The normalized spacial score (nSPS) is 20.7. The highest BCUT2D eigenvalue weighted by Crippen LogP contribution is 2.41. The molecule has 1 spiro atoms. The van der Waals surface area contributed by atoms with Gasteiger partial charge in [-0.2, -0.15) is 10.1 Å². The largest absolute Gasteiger partial charge is 0.369 e.